The molecule has 0 aromatic heterocycles. The van der Waals surface area contributed by atoms with Crippen molar-refractivity contribution in [2.75, 3.05) is 6.61 Å². The molecule has 1 rings (SSSR count). The third-order valence-corrected chi connectivity index (χ3v) is 2.58. The second-order valence-corrected chi connectivity index (χ2v) is 4.70. The summed E-state index contributed by atoms with van der Waals surface area (Å²) in [4.78, 5) is 14.4. The van der Waals surface area contributed by atoms with Crippen molar-refractivity contribution in [3.63, 3.8) is 0 Å². The molecule has 1 saturated heterocycles. The van der Waals surface area contributed by atoms with E-state index in [-0.39, 0.29) is 12.3 Å². The van der Waals surface area contributed by atoms with Crippen molar-refractivity contribution >= 4 is 5.97 Å². The minimum absolute atomic E-state index is 0.132. The summed E-state index contributed by atoms with van der Waals surface area (Å²) in [6.07, 6.45) is 2.89. The van der Waals surface area contributed by atoms with Crippen LogP contribution in [0, 0.1) is 10.8 Å². The number of ether oxygens (including phenoxy) is 2. The van der Waals surface area contributed by atoms with Crippen molar-refractivity contribution in [3.8, 4) is 0 Å². The molecule has 1 N–H and O–H groups in total. The first-order valence-corrected chi connectivity index (χ1v) is 5.70. The molecular weight excluding hydrogens is 236 g/mol. The highest BCUT2D eigenvalue weighted by Gasteiger charge is 2.47. The second-order valence-electron chi connectivity index (χ2n) is 4.70. The van der Waals surface area contributed by atoms with E-state index < -0.39 is 23.4 Å². The van der Waals surface area contributed by atoms with E-state index in [1.165, 1.54) is 6.08 Å². The number of allylic oxidation sites excluding steroid dienone is 2. The first-order chi connectivity index (χ1) is 8.42. The highest BCUT2D eigenvalue weighted by Crippen LogP contribution is 2.32. The second kappa shape index (κ2) is 5.54. The maximum Gasteiger partial charge on any atom is 0.463 e. The van der Waals surface area contributed by atoms with Crippen molar-refractivity contribution in [1.82, 2.24) is 0 Å². The molecule has 1 aliphatic rings. The van der Waals surface area contributed by atoms with Crippen LogP contribution < -0.4 is 0 Å². The zero-order valence-corrected chi connectivity index (χ0v) is 10.7. The van der Waals surface area contributed by atoms with Crippen molar-refractivity contribution in [2.45, 2.75) is 33.3 Å². The van der Waals surface area contributed by atoms with Crippen LogP contribution in [0.15, 0.2) is 23.8 Å². The molecule has 0 bridgehead atoms. The Labute approximate surface area is 106 Å². The number of carbonyl (C=O) groups excluding carboxylic acids is 1. The lowest BCUT2D eigenvalue weighted by atomic mass is 9.90. The normalized spacial score (nSPS) is 23.4. The Morgan fingerprint density at radius 3 is 2.83 bits per heavy atom. The molecule has 0 amide bonds. The molecule has 1 fully saturated rings. The Hall–Kier alpha value is -2.03. The molecule has 6 nitrogen and oxygen atoms in total. The highest BCUT2D eigenvalue weighted by atomic mass is 16.6. The Morgan fingerprint density at radius 1 is 1.72 bits per heavy atom. The Balaban J connectivity index is 2.89. The van der Waals surface area contributed by atoms with Gasteiger partial charge in [-0.15, -0.1) is 0 Å². The molecule has 1 heterocycles. The number of esters is 1. The molecular formula is C12H17N2O4+. The monoisotopic (exact) mass is 253 g/mol. The van der Waals surface area contributed by atoms with E-state index in [1.54, 1.807) is 19.9 Å². The molecule has 0 aliphatic carbocycles. The fourth-order valence-electron chi connectivity index (χ4n) is 1.48. The predicted molar refractivity (Wildman–Crippen MR) is 63.8 cm³/mol. The van der Waals surface area contributed by atoms with Crippen LogP contribution in [-0.2, 0) is 14.3 Å². The van der Waals surface area contributed by atoms with Gasteiger partial charge in [0.1, 0.15) is 6.61 Å². The van der Waals surface area contributed by atoms with Crippen LogP contribution in [0.5, 0.6) is 0 Å². The van der Waals surface area contributed by atoms with E-state index >= 15 is 0 Å². The molecule has 0 radical (unpaired) electrons. The Morgan fingerprint density at radius 2 is 2.39 bits per heavy atom. The summed E-state index contributed by atoms with van der Waals surface area (Å²) < 4.78 is 10.0. The molecule has 0 spiro atoms. The number of aliphatic hydroxyl groups excluding tert-OH is 1. The molecule has 6 heteroatoms. The topological polar surface area (TPSA) is 83.9 Å². The lowest BCUT2D eigenvalue weighted by Gasteiger charge is -2.20. The summed E-state index contributed by atoms with van der Waals surface area (Å²) in [5.41, 5.74) is -0.674. The number of hydrogen-bond acceptors (Lipinski definition) is 5. The minimum atomic E-state index is -0.913. The fraction of sp³-hybridized carbons (Fsp3) is 0.583. The number of diazo groups is 1. The van der Waals surface area contributed by atoms with Crippen LogP contribution in [-0.4, -0.2) is 23.8 Å². The zero-order valence-electron chi connectivity index (χ0n) is 10.7. The highest BCUT2D eigenvalue weighted by molar-refractivity contribution is 5.78. The third kappa shape index (κ3) is 3.00. The summed E-state index contributed by atoms with van der Waals surface area (Å²) >= 11 is 0. The van der Waals surface area contributed by atoms with Crippen LogP contribution in [0.3, 0.4) is 0 Å². The number of cyclic esters (lactones) is 1. The summed E-state index contributed by atoms with van der Waals surface area (Å²) in [6, 6.07) is 0. The number of aliphatic hydroxyl groups is 1. The van der Waals surface area contributed by atoms with E-state index in [0.29, 0.717) is 6.42 Å². The number of rotatable bonds is 4. The zero-order chi connectivity index (χ0) is 13.8. The van der Waals surface area contributed by atoms with E-state index in [0.717, 1.165) is 0 Å². The molecule has 0 saturated carbocycles. The van der Waals surface area contributed by atoms with Crippen LogP contribution in [0.4, 0.5) is 0 Å². The van der Waals surface area contributed by atoms with E-state index in [4.69, 9.17) is 14.9 Å². The predicted octanol–water partition coefficient (Wildman–Crippen LogP) is 2.50. The first kappa shape index (κ1) is 14.0. The van der Waals surface area contributed by atoms with Gasteiger partial charge in [-0.3, -0.25) is 0 Å². The van der Waals surface area contributed by atoms with Gasteiger partial charge in [0, 0.05) is 11.5 Å². The van der Waals surface area contributed by atoms with Crippen molar-refractivity contribution in [3.05, 3.63) is 28.8 Å². The summed E-state index contributed by atoms with van der Waals surface area (Å²) in [7, 11) is 0. The van der Waals surface area contributed by atoms with Gasteiger partial charge in [-0.1, -0.05) is 26.8 Å². The number of nitrogens with zero attached hydrogens (tertiary/aromatic N) is 2. The van der Waals surface area contributed by atoms with E-state index in [1.807, 2.05) is 6.92 Å². The smallest absolute Gasteiger partial charge is 0.463 e. The van der Waals surface area contributed by atoms with Gasteiger partial charge in [-0.2, -0.15) is 0 Å². The van der Waals surface area contributed by atoms with Gasteiger partial charge in [0.15, 0.2) is 4.98 Å². The quantitative estimate of drug-likeness (QED) is 0.360. The van der Waals surface area contributed by atoms with Crippen LogP contribution in [0.2, 0.25) is 0 Å². The Bertz CT molecular complexity index is 432. The van der Waals surface area contributed by atoms with Crippen molar-refractivity contribution in [1.29, 1.82) is 5.39 Å². The van der Waals surface area contributed by atoms with Crippen molar-refractivity contribution < 1.29 is 19.4 Å². The maximum atomic E-state index is 11.5. The average molecular weight is 253 g/mol. The van der Waals surface area contributed by atoms with E-state index in [2.05, 4.69) is 4.98 Å². The van der Waals surface area contributed by atoms with Crippen molar-refractivity contribution in [2.24, 2.45) is 5.41 Å². The van der Waals surface area contributed by atoms with Crippen LogP contribution >= 0.6 is 0 Å². The van der Waals surface area contributed by atoms with Gasteiger partial charge in [0.2, 0.25) is 11.5 Å². The summed E-state index contributed by atoms with van der Waals surface area (Å²) in [6.45, 7) is 5.68. The first-order valence-electron chi connectivity index (χ1n) is 5.70. The van der Waals surface area contributed by atoms with Gasteiger partial charge >= 0.3 is 17.6 Å². The third-order valence-electron chi connectivity index (χ3n) is 2.58. The molecule has 18 heavy (non-hydrogen) atoms. The minimum Gasteiger partial charge on any atom is -0.475 e. The van der Waals surface area contributed by atoms with Crippen LogP contribution in [0.1, 0.15) is 27.2 Å². The fourth-order valence-corrected chi connectivity index (χ4v) is 1.48. The standard InChI is InChI=1S/C12H16N2O4/c1-4-5-6-8(14-13)10(15)18-9-11(16)17-7-12(9,2)3/h5-6,9H,4,7H2,1-3H3/p+1/b6-5-,10-8+/t9-/m0/s1. The Kier molecular flexibility index (Phi) is 4.32. The van der Waals surface area contributed by atoms with Crippen LogP contribution in [0.25, 0.3) is 4.98 Å². The van der Waals surface area contributed by atoms with Gasteiger partial charge in [0.25, 0.3) is 0 Å². The molecule has 98 valence electrons. The average Bonchev–Trinajstić information content (AvgIpc) is 2.57. The maximum absolute atomic E-state index is 11.5. The SMILES string of the molecule is CC/C=C\C([N+]#N)=C(\O)O[C@H]1C(=O)OCC1(C)C. The molecule has 0 aromatic carbocycles. The number of carbonyl (C=O) groups is 1. The largest absolute Gasteiger partial charge is 0.475 e. The summed E-state index contributed by atoms with van der Waals surface area (Å²) in [5, 5.41) is 18.4. The lowest BCUT2D eigenvalue weighted by Crippen LogP contribution is -2.32. The molecule has 1 aliphatic heterocycles. The van der Waals surface area contributed by atoms with Gasteiger partial charge in [0.05, 0.1) is 0 Å². The molecule has 0 aromatic rings. The van der Waals surface area contributed by atoms with Gasteiger partial charge in [-0.05, 0) is 6.42 Å². The summed E-state index contributed by atoms with van der Waals surface area (Å²) in [5.74, 6) is -1.14. The van der Waals surface area contributed by atoms with E-state index in [9.17, 15) is 9.90 Å². The lowest BCUT2D eigenvalue weighted by molar-refractivity contribution is -0.148. The van der Waals surface area contributed by atoms with Gasteiger partial charge < -0.3 is 14.6 Å². The molecule has 1 atom stereocenters. The molecule has 0 unspecified atom stereocenters. The van der Waals surface area contributed by atoms with Gasteiger partial charge in [-0.25, -0.2) is 4.79 Å². The number of hydrogen-bond donors (Lipinski definition) is 1.